The summed E-state index contributed by atoms with van der Waals surface area (Å²) >= 11 is 0. The maximum absolute atomic E-state index is 12.5. The smallest absolute Gasteiger partial charge is 0.255 e. The molecule has 40 heavy (non-hydrogen) atoms. The summed E-state index contributed by atoms with van der Waals surface area (Å²) in [5.74, 6) is 1.27. The van der Waals surface area contributed by atoms with Gasteiger partial charge in [0.2, 0.25) is 0 Å². The van der Waals surface area contributed by atoms with E-state index in [-0.39, 0.29) is 23.8 Å². The van der Waals surface area contributed by atoms with Gasteiger partial charge in [0.05, 0.1) is 5.56 Å². The largest absolute Gasteiger partial charge is 0.507 e. The van der Waals surface area contributed by atoms with E-state index in [2.05, 4.69) is 20.6 Å². The minimum absolute atomic E-state index is 0.118. The van der Waals surface area contributed by atoms with E-state index >= 15 is 0 Å². The number of nitrogens with one attached hydrogen (secondary N) is 2. The highest BCUT2D eigenvalue weighted by molar-refractivity contribution is 5.97. The van der Waals surface area contributed by atoms with Gasteiger partial charge in [0.25, 0.3) is 5.91 Å². The van der Waals surface area contributed by atoms with Gasteiger partial charge in [-0.05, 0) is 67.9 Å². The first-order valence-corrected chi connectivity index (χ1v) is 13.1. The van der Waals surface area contributed by atoms with Crippen LogP contribution in [0.15, 0.2) is 78.9 Å². The van der Waals surface area contributed by atoms with E-state index in [4.69, 9.17) is 9.47 Å². The number of aromatic nitrogens is 2. The number of aromatic hydroxyl groups is 1. The monoisotopic (exact) mass is 542 g/mol. The van der Waals surface area contributed by atoms with Gasteiger partial charge >= 0.3 is 0 Å². The normalized spacial score (nSPS) is 11.6. The third kappa shape index (κ3) is 8.52. The fourth-order valence-corrected chi connectivity index (χ4v) is 3.98. The van der Waals surface area contributed by atoms with E-state index in [1.54, 1.807) is 6.07 Å². The molecule has 9 heteroatoms. The number of nitrogens with zero attached hydrogens (tertiary/aromatic N) is 2. The van der Waals surface area contributed by atoms with Crippen LogP contribution in [0.4, 0.5) is 0 Å². The van der Waals surface area contributed by atoms with E-state index in [1.807, 2.05) is 74.5 Å². The van der Waals surface area contributed by atoms with E-state index < -0.39 is 6.10 Å². The minimum atomic E-state index is -0.712. The van der Waals surface area contributed by atoms with Gasteiger partial charge in [0.15, 0.2) is 5.82 Å². The summed E-state index contributed by atoms with van der Waals surface area (Å²) in [6.07, 6.45) is -0.712. The SMILES string of the molecule is Cc1cc(C)nc(-c2ccc(OCC(O)CNCCOc3ccc(O)c(C(=O)NCc4ccccc4)c3)cc2)n1. The molecule has 0 spiro atoms. The summed E-state index contributed by atoms with van der Waals surface area (Å²) in [4.78, 5) is 21.5. The van der Waals surface area contributed by atoms with Crippen molar-refractivity contribution in [2.75, 3.05) is 26.3 Å². The molecule has 1 atom stereocenters. The maximum Gasteiger partial charge on any atom is 0.255 e. The standard InChI is InChI=1S/C31H34N4O5/c1-21-16-22(2)35-30(34-21)24-8-10-26(11-9-24)40-20-25(36)19-32-14-15-39-27-12-13-29(37)28(17-27)31(38)33-18-23-6-4-3-5-7-23/h3-13,16-17,25,32,36-37H,14-15,18-20H2,1-2H3,(H,33,38). The first kappa shape index (κ1) is 28.5. The number of carbonyl (C=O) groups is 1. The van der Waals surface area contributed by atoms with Crippen molar-refractivity contribution in [3.8, 4) is 28.6 Å². The van der Waals surface area contributed by atoms with Crippen molar-refractivity contribution >= 4 is 5.91 Å². The van der Waals surface area contributed by atoms with Crippen molar-refractivity contribution in [1.29, 1.82) is 0 Å². The second-order valence-corrected chi connectivity index (χ2v) is 9.36. The van der Waals surface area contributed by atoms with Gasteiger partial charge in [-0.2, -0.15) is 0 Å². The van der Waals surface area contributed by atoms with E-state index in [9.17, 15) is 15.0 Å². The highest BCUT2D eigenvalue weighted by Crippen LogP contribution is 2.23. The summed E-state index contributed by atoms with van der Waals surface area (Å²) < 4.78 is 11.4. The number of benzene rings is 3. The Hall–Kier alpha value is -4.47. The molecular weight excluding hydrogens is 508 g/mol. The van der Waals surface area contributed by atoms with Crippen molar-refractivity contribution in [3.63, 3.8) is 0 Å². The van der Waals surface area contributed by atoms with Crippen molar-refractivity contribution in [2.24, 2.45) is 0 Å². The van der Waals surface area contributed by atoms with Gasteiger partial charge in [-0.1, -0.05) is 30.3 Å². The lowest BCUT2D eigenvalue weighted by Crippen LogP contribution is -2.33. The average Bonchev–Trinajstić information content (AvgIpc) is 2.95. The molecule has 4 aromatic rings. The number of aliphatic hydroxyl groups is 1. The van der Waals surface area contributed by atoms with E-state index in [1.165, 1.54) is 12.1 Å². The first-order chi connectivity index (χ1) is 19.4. The number of aliphatic hydroxyl groups excluding tert-OH is 1. The number of phenols is 1. The van der Waals surface area contributed by atoms with Crippen LogP contribution in [0.3, 0.4) is 0 Å². The first-order valence-electron chi connectivity index (χ1n) is 13.1. The molecule has 0 saturated carbocycles. The van der Waals surface area contributed by atoms with Gasteiger partial charge < -0.3 is 30.3 Å². The highest BCUT2D eigenvalue weighted by Gasteiger charge is 2.13. The van der Waals surface area contributed by atoms with Gasteiger partial charge in [0, 0.05) is 36.6 Å². The zero-order valence-corrected chi connectivity index (χ0v) is 22.6. The van der Waals surface area contributed by atoms with Crippen molar-refractivity contribution in [1.82, 2.24) is 20.6 Å². The maximum atomic E-state index is 12.5. The molecule has 4 N–H and O–H groups in total. The van der Waals surface area contributed by atoms with Gasteiger partial charge in [0.1, 0.15) is 36.6 Å². The lowest BCUT2D eigenvalue weighted by Gasteiger charge is -2.14. The predicted octanol–water partition coefficient (Wildman–Crippen LogP) is 3.80. The molecule has 1 amide bonds. The van der Waals surface area contributed by atoms with Crippen LogP contribution >= 0.6 is 0 Å². The lowest BCUT2D eigenvalue weighted by atomic mass is 10.1. The summed E-state index contributed by atoms with van der Waals surface area (Å²) in [5.41, 5.74) is 3.83. The van der Waals surface area contributed by atoms with E-state index in [0.717, 1.165) is 22.5 Å². The molecule has 208 valence electrons. The summed E-state index contributed by atoms with van der Waals surface area (Å²) in [7, 11) is 0. The van der Waals surface area contributed by atoms with Gasteiger partial charge in [-0.15, -0.1) is 0 Å². The van der Waals surface area contributed by atoms with Crippen molar-refractivity contribution in [3.05, 3.63) is 101 Å². The molecular formula is C31H34N4O5. The fourth-order valence-electron chi connectivity index (χ4n) is 3.98. The molecule has 1 unspecified atom stereocenters. The topological polar surface area (TPSA) is 126 Å². The third-order valence-electron chi connectivity index (χ3n) is 5.97. The van der Waals surface area contributed by atoms with Crippen LogP contribution in [0.5, 0.6) is 17.2 Å². The predicted molar refractivity (Wildman–Crippen MR) is 153 cm³/mol. The van der Waals surface area contributed by atoms with E-state index in [0.29, 0.717) is 43.6 Å². The second-order valence-electron chi connectivity index (χ2n) is 9.36. The summed E-state index contributed by atoms with van der Waals surface area (Å²) in [6.45, 7) is 5.47. The average molecular weight is 543 g/mol. The van der Waals surface area contributed by atoms with Crippen LogP contribution in [0.1, 0.15) is 27.3 Å². The second kappa shape index (κ2) is 14.1. The fraction of sp³-hybridized carbons (Fsp3) is 0.258. The van der Waals surface area contributed by atoms with Crippen LogP contribution in [0.2, 0.25) is 0 Å². The van der Waals surface area contributed by atoms with Crippen molar-refractivity contribution < 1.29 is 24.5 Å². The number of ether oxygens (including phenoxy) is 2. The molecule has 1 aromatic heterocycles. The Balaban J connectivity index is 1.15. The van der Waals surface area contributed by atoms with Gasteiger partial charge in [-0.3, -0.25) is 4.79 Å². The van der Waals surface area contributed by atoms with Crippen LogP contribution in [-0.4, -0.2) is 58.5 Å². The molecule has 0 bridgehead atoms. The molecule has 9 nitrogen and oxygen atoms in total. The quantitative estimate of drug-likeness (QED) is 0.188. The number of hydrogen-bond acceptors (Lipinski definition) is 8. The molecule has 3 aromatic carbocycles. The Labute approximate surface area is 233 Å². The molecule has 0 radical (unpaired) electrons. The van der Waals surface area contributed by atoms with Crippen LogP contribution in [-0.2, 0) is 6.54 Å². The molecule has 0 aliphatic heterocycles. The number of amides is 1. The van der Waals surface area contributed by atoms with Gasteiger partial charge in [-0.25, -0.2) is 9.97 Å². The molecule has 1 heterocycles. The Morgan fingerprint density at radius 2 is 1.60 bits per heavy atom. The van der Waals surface area contributed by atoms with Crippen LogP contribution in [0, 0.1) is 13.8 Å². The third-order valence-corrected chi connectivity index (χ3v) is 5.97. The molecule has 0 aliphatic rings. The van der Waals surface area contributed by atoms with Crippen molar-refractivity contribution in [2.45, 2.75) is 26.5 Å². The summed E-state index contributed by atoms with van der Waals surface area (Å²) in [6, 6.07) is 23.5. The minimum Gasteiger partial charge on any atom is -0.507 e. The summed E-state index contributed by atoms with van der Waals surface area (Å²) in [5, 5.41) is 26.3. The number of rotatable bonds is 13. The van der Waals surface area contributed by atoms with Crippen LogP contribution in [0.25, 0.3) is 11.4 Å². The molecule has 0 saturated heterocycles. The Morgan fingerprint density at radius 1 is 0.900 bits per heavy atom. The number of hydrogen-bond donors (Lipinski definition) is 4. The molecule has 0 aliphatic carbocycles. The zero-order chi connectivity index (χ0) is 28.3. The lowest BCUT2D eigenvalue weighted by molar-refractivity contribution is 0.0947. The number of carbonyl (C=O) groups excluding carboxylic acids is 1. The number of aryl methyl sites for hydroxylation is 2. The number of phenolic OH excluding ortho intramolecular Hbond substituents is 1. The zero-order valence-electron chi connectivity index (χ0n) is 22.6. The molecule has 0 fully saturated rings. The molecule has 4 rings (SSSR count). The van der Waals surface area contributed by atoms with Crippen LogP contribution < -0.4 is 20.1 Å². The Bertz CT molecular complexity index is 1380. The Kier molecular flexibility index (Phi) is 10.0. The highest BCUT2D eigenvalue weighted by atomic mass is 16.5. The Morgan fingerprint density at radius 3 is 2.33 bits per heavy atom.